The van der Waals surface area contributed by atoms with Gasteiger partial charge in [0, 0.05) is 0 Å². The van der Waals surface area contributed by atoms with Gasteiger partial charge in [-0.25, -0.2) is 4.79 Å². The summed E-state index contributed by atoms with van der Waals surface area (Å²) in [6.07, 6.45) is -0.324. The maximum atomic E-state index is 10.9. The second-order valence-electron chi connectivity index (χ2n) is 3.66. The number of hydrogen-bond acceptors (Lipinski definition) is 2. The maximum absolute atomic E-state index is 10.9. The summed E-state index contributed by atoms with van der Waals surface area (Å²) in [6.45, 7) is 4.54. The van der Waals surface area contributed by atoms with Gasteiger partial charge in [0.2, 0.25) is 0 Å². The fourth-order valence-electron chi connectivity index (χ4n) is 1.77. The topological polar surface area (TPSA) is 38.3 Å². The largest absolute Gasteiger partial charge is 0.447 e. The molecule has 2 rings (SSSR count). The second-order valence-corrected chi connectivity index (χ2v) is 3.66. The number of carbonyl (C=O) groups excluding carboxylic acids is 1. The van der Waals surface area contributed by atoms with Gasteiger partial charge in [0.25, 0.3) is 0 Å². The fourth-order valence-corrected chi connectivity index (χ4v) is 1.77. The number of nitrogens with one attached hydrogen (secondary N) is 1. The van der Waals surface area contributed by atoms with Crippen molar-refractivity contribution < 1.29 is 9.53 Å². The third kappa shape index (κ3) is 1.58. The second kappa shape index (κ2) is 3.33. The molecule has 1 amide bonds. The smallest absolute Gasteiger partial charge is 0.407 e. The Bertz CT molecular complexity index is 374. The molecule has 0 saturated carbocycles. The van der Waals surface area contributed by atoms with Crippen LogP contribution < -0.4 is 5.32 Å². The molecule has 0 aromatic heterocycles. The Labute approximate surface area is 83.1 Å². The Morgan fingerprint density at radius 3 is 2.79 bits per heavy atom. The molecule has 1 N–H and O–H groups in total. The molecule has 74 valence electrons. The molecule has 0 bridgehead atoms. The van der Waals surface area contributed by atoms with Crippen molar-refractivity contribution in [3.8, 4) is 0 Å². The molecule has 1 aromatic carbocycles. The SMILES string of the molecule is Cc1ccc(C2COC(=O)N2)c(C)c1. The predicted octanol–water partition coefficient (Wildman–Crippen LogP) is 2.08. The van der Waals surface area contributed by atoms with Crippen LogP contribution in [0.4, 0.5) is 4.79 Å². The number of hydrogen-bond donors (Lipinski definition) is 1. The third-order valence-corrected chi connectivity index (χ3v) is 2.47. The lowest BCUT2D eigenvalue weighted by Crippen LogP contribution is -2.19. The monoisotopic (exact) mass is 191 g/mol. The molecule has 0 aliphatic carbocycles. The van der Waals surface area contributed by atoms with E-state index in [1.807, 2.05) is 19.1 Å². The van der Waals surface area contributed by atoms with Crippen molar-refractivity contribution in [2.45, 2.75) is 19.9 Å². The molecular formula is C11H13NO2. The van der Waals surface area contributed by atoms with Crippen LogP contribution in [-0.2, 0) is 4.74 Å². The first kappa shape index (κ1) is 9.06. The summed E-state index contributed by atoms with van der Waals surface area (Å²) in [5, 5.41) is 2.77. The zero-order valence-corrected chi connectivity index (χ0v) is 8.33. The number of amides is 1. The minimum atomic E-state index is -0.324. The summed E-state index contributed by atoms with van der Waals surface area (Å²) >= 11 is 0. The molecule has 3 heteroatoms. The lowest BCUT2D eigenvalue weighted by molar-refractivity contribution is 0.177. The number of ether oxygens (including phenoxy) is 1. The molecule has 1 aliphatic rings. The molecule has 1 saturated heterocycles. The molecule has 1 aromatic rings. The zero-order valence-electron chi connectivity index (χ0n) is 8.33. The highest BCUT2D eigenvalue weighted by Crippen LogP contribution is 2.22. The van der Waals surface area contributed by atoms with E-state index >= 15 is 0 Å². The summed E-state index contributed by atoms with van der Waals surface area (Å²) in [6, 6.07) is 6.22. The van der Waals surface area contributed by atoms with Gasteiger partial charge in [-0.05, 0) is 25.0 Å². The Kier molecular flexibility index (Phi) is 2.15. The molecule has 1 unspecified atom stereocenters. The van der Waals surface area contributed by atoms with Gasteiger partial charge < -0.3 is 10.1 Å². The van der Waals surface area contributed by atoms with Gasteiger partial charge in [0.1, 0.15) is 6.61 Å². The van der Waals surface area contributed by atoms with Crippen molar-refractivity contribution in [2.24, 2.45) is 0 Å². The van der Waals surface area contributed by atoms with E-state index in [0.29, 0.717) is 6.61 Å². The van der Waals surface area contributed by atoms with Crippen LogP contribution in [0.25, 0.3) is 0 Å². The lowest BCUT2D eigenvalue weighted by Gasteiger charge is -2.11. The van der Waals surface area contributed by atoms with Crippen molar-refractivity contribution in [3.63, 3.8) is 0 Å². The maximum Gasteiger partial charge on any atom is 0.407 e. The normalized spacial score (nSPS) is 20.4. The third-order valence-electron chi connectivity index (χ3n) is 2.47. The Morgan fingerprint density at radius 2 is 2.21 bits per heavy atom. The number of alkyl carbamates (subject to hydrolysis) is 1. The van der Waals surface area contributed by atoms with Crippen LogP contribution in [0, 0.1) is 13.8 Å². The van der Waals surface area contributed by atoms with Crippen molar-refractivity contribution >= 4 is 6.09 Å². The quantitative estimate of drug-likeness (QED) is 0.738. The van der Waals surface area contributed by atoms with Crippen molar-refractivity contribution in [3.05, 3.63) is 34.9 Å². The van der Waals surface area contributed by atoms with Gasteiger partial charge in [-0.3, -0.25) is 0 Å². The minimum Gasteiger partial charge on any atom is -0.447 e. The average molecular weight is 191 g/mol. The van der Waals surface area contributed by atoms with Crippen molar-refractivity contribution in [1.82, 2.24) is 5.32 Å². The minimum absolute atomic E-state index is 0.0168. The highest BCUT2D eigenvalue weighted by Gasteiger charge is 2.24. The lowest BCUT2D eigenvalue weighted by atomic mass is 10.0. The van der Waals surface area contributed by atoms with Crippen LogP contribution >= 0.6 is 0 Å². The summed E-state index contributed by atoms with van der Waals surface area (Å²) < 4.78 is 4.86. The zero-order chi connectivity index (χ0) is 10.1. The van der Waals surface area contributed by atoms with Gasteiger partial charge in [0.05, 0.1) is 6.04 Å². The van der Waals surface area contributed by atoms with Crippen LogP contribution in [0.1, 0.15) is 22.7 Å². The molecule has 1 heterocycles. The summed E-state index contributed by atoms with van der Waals surface area (Å²) in [5.41, 5.74) is 3.57. The van der Waals surface area contributed by atoms with E-state index in [2.05, 4.69) is 18.3 Å². The van der Waals surface area contributed by atoms with E-state index in [0.717, 1.165) is 5.56 Å². The number of carbonyl (C=O) groups is 1. The van der Waals surface area contributed by atoms with E-state index in [-0.39, 0.29) is 12.1 Å². The summed E-state index contributed by atoms with van der Waals surface area (Å²) in [5.74, 6) is 0. The van der Waals surface area contributed by atoms with Crippen LogP contribution in [0.15, 0.2) is 18.2 Å². The van der Waals surface area contributed by atoms with Crippen molar-refractivity contribution in [2.75, 3.05) is 6.61 Å². The van der Waals surface area contributed by atoms with Crippen LogP contribution in [0.2, 0.25) is 0 Å². The predicted molar refractivity (Wildman–Crippen MR) is 53.1 cm³/mol. The van der Waals surface area contributed by atoms with Gasteiger partial charge in [0.15, 0.2) is 0 Å². The molecule has 0 radical (unpaired) electrons. The summed E-state index contributed by atoms with van der Waals surface area (Å²) in [4.78, 5) is 10.9. The van der Waals surface area contributed by atoms with Gasteiger partial charge in [-0.1, -0.05) is 23.8 Å². The Morgan fingerprint density at radius 1 is 1.43 bits per heavy atom. The highest BCUT2D eigenvalue weighted by molar-refractivity contribution is 5.70. The first-order valence-electron chi connectivity index (χ1n) is 4.67. The van der Waals surface area contributed by atoms with Crippen LogP contribution in [0.3, 0.4) is 0 Å². The molecular weight excluding hydrogens is 178 g/mol. The number of cyclic esters (lactones) is 1. The molecule has 0 spiro atoms. The number of rotatable bonds is 1. The van der Waals surface area contributed by atoms with E-state index < -0.39 is 0 Å². The molecule has 14 heavy (non-hydrogen) atoms. The highest BCUT2D eigenvalue weighted by atomic mass is 16.6. The molecule has 3 nitrogen and oxygen atoms in total. The standard InChI is InChI=1S/C11H13NO2/c1-7-3-4-9(8(2)5-7)10-6-14-11(13)12-10/h3-5,10H,6H2,1-2H3,(H,12,13). The van der Waals surface area contributed by atoms with Gasteiger partial charge in [-0.2, -0.15) is 0 Å². The van der Waals surface area contributed by atoms with E-state index in [4.69, 9.17) is 4.74 Å². The van der Waals surface area contributed by atoms with Crippen LogP contribution in [-0.4, -0.2) is 12.7 Å². The molecule has 1 fully saturated rings. The van der Waals surface area contributed by atoms with Crippen LogP contribution in [0.5, 0.6) is 0 Å². The number of aryl methyl sites for hydroxylation is 2. The van der Waals surface area contributed by atoms with E-state index in [9.17, 15) is 4.79 Å². The van der Waals surface area contributed by atoms with Crippen molar-refractivity contribution in [1.29, 1.82) is 0 Å². The van der Waals surface area contributed by atoms with E-state index in [1.165, 1.54) is 11.1 Å². The molecule has 1 aliphatic heterocycles. The average Bonchev–Trinajstić information content (AvgIpc) is 2.51. The van der Waals surface area contributed by atoms with Gasteiger partial charge in [-0.15, -0.1) is 0 Å². The fraction of sp³-hybridized carbons (Fsp3) is 0.364. The summed E-state index contributed by atoms with van der Waals surface area (Å²) in [7, 11) is 0. The first-order chi connectivity index (χ1) is 6.66. The van der Waals surface area contributed by atoms with Gasteiger partial charge >= 0.3 is 6.09 Å². The number of benzene rings is 1. The Balaban J connectivity index is 2.28. The Hall–Kier alpha value is -1.51. The van der Waals surface area contributed by atoms with E-state index in [1.54, 1.807) is 0 Å². The first-order valence-corrected chi connectivity index (χ1v) is 4.67. The molecule has 1 atom stereocenters.